The Kier molecular flexibility index (Phi) is 4.15. The summed E-state index contributed by atoms with van der Waals surface area (Å²) in [7, 11) is 0. The number of amides is 2. The molecule has 1 saturated heterocycles. The molecule has 1 N–H and O–H groups in total. The molecule has 1 aliphatic heterocycles. The number of carbonyl (C=O) groups is 2. The Morgan fingerprint density at radius 2 is 1.76 bits per heavy atom. The van der Waals surface area contributed by atoms with Crippen molar-refractivity contribution in [2.24, 2.45) is 0 Å². The third-order valence-corrected chi connectivity index (χ3v) is 5.57. The number of nitrogens with one attached hydrogen (secondary N) is 1. The predicted molar refractivity (Wildman–Crippen MR) is 85.2 cm³/mol. The molecule has 1 aromatic heterocycles. The minimum absolute atomic E-state index is 0.0158. The van der Waals surface area contributed by atoms with E-state index in [0.29, 0.717) is 13.0 Å². The van der Waals surface area contributed by atoms with Crippen LogP contribution in [0.15, 0.2) is 12.1 Å². The summed E-state index contributed by atoms with van der Waals surface area (Å²) < 4.78 is 0. The largest absolute Gasteiger partial charge is 0.340 e. The van der Waals surface area contributed by atoms with E-state index in [0.717, 1.165) is 11.3 Å². The molecule has 21 heavy (non-hydrogen) atoms. The Morgan fingerprint density at radius 1 is 1.14 bits per heavy atom. The minimum atomic E-state index is -0.837. The number of rotatable bonds is 4. The second-order valence-corrected chi connectivity index (χ2v) is 7.57. The highest BCUT2D eigenvalue weighted by atomic mass is 32.1. The van der Waals surface area contributed by atoms with Gasteiger partial charge in [-0.3, -0.25) is 9.59 Å². The molecule has 0 aromatic carbocycles. The smallest absolute Gasteiger partial charge is 0.248 e. The van der Waals surface area contributed by atoms with Gasteiger partial charge in [-0.2, -0.15) is 0 Å². The fourth-order valence-corrected chi connectivity index (χ4v) is 3.55. The van der Waals surface area contributed by atoms with Crippen molar-refractivity contribution in [3.8, 4) is 0 Å². The summed E-state index contributed by atoms with van der Waals surface area (Å²) in [6.07, 6.45) is 1.60. The highest BCUT2D eigenvalue weighted by Gasteiger charge is 2.51. The van der Waals surface area contributed by atoms with Crippen molar-refractivity contribution in [1.82, 2.24) is 10.2 Å². The molecule has 0 radical (unpaired) electrons. The van der Waals surface area contributed by atoms with E-state index in [1.165, 1.54) is 4.88 Å². The van der Waals surface area contributed by atoms with Gasteiger partial charge in [0.1, 0.15) is 11.1 Å². The molecule has 116 valence electrons. The first-order chi connectivity index (χ1) is 9.74. The van der Waals surface area contributed by atoms with Crippen LogP contribution in [-0.2, 0) is 22.6 Å². The van der Waals surface area contributed by atoms with Gasteiger partial charge in [0.05, 0.1) is 6.54 Å². The number of hydrogen-bond donors (Lipinski definition) is 1. The van der Waals surface area contributed by atoms with Crippen LogP contribution >= 0.6 is 11.3 Å². The van der Waals surface area contributed by atoms with Crippen molar-refractivity contribution in [2.75, 3.05) is 0 Å². The first-order valence-electron chi connectivity index (χ1n) is 7.47. The van der Waals surface area contributed by atoms with E-state index in [4.69, 9.17) is 0 Å². The molecule has 2 rings (SSSR count). The van der Waals surface area contributed by atoms with Crippen LogP contribution in [0.2, 0.25) is 0 Å². The summed E-state index contributed by atoms with van der Waals surface area (Å²) >= 11 is 1.72. The Balaban J connectivity index is 2.35. The lowest BCUT2D eigenvalue weighted by atomic mass is 9.86. The SMILES string of the molecule is CCc1ccc(CN2C(=O)C(C)(C)NC(=O)C2(C)CC)s1. The lowest BCUT2D eigenvalue weighted by Crippen LogP contribution is -2.72. The number of nitrogens with zero attached hydrogens (tertiary/aromatic N) is 1. The summed E-state index contributed by atoms with van der Waals surface area (Å²) in [5.41, 5.74) is -1.61. The van der Waals surface area contributed by atoms with Gasteiger partial charge in [-0.15, -0.1) is 11.3 Å². The Morgan fingerprint density at radius 3 is 2.29 bits per heavy atom. The number of aryl methyl sites for hydroxylation is 1. The zero-order valence-corrected chi connectivity index (χ0v) is 14.3. The lowest BCUT2D eigenvalue weighted by Gasteiger charge is -2.48. The van der Waals surface area contributed by atoms with Crippen molar-refractivity contribution in [2.45, 2.75) is 65.1 Å². The molecule has 0 spiro atoms. The summed E-state index contributed by atoms with van der Waals surface area (Å²) in [5.74, 6) is -0.0835. The van der Waals surface area contributed by atoms with Crippen LogP contribution in [0.25, 0.3) is 0 Å². The molecule has 2 amide bonds. The van der Waals surface area contributed by atoms with Crippen molar-refractivity contribution in [1.29, 1.82) is 0 Å². The van der Waals surface area contributed by atoms with E-state index >= 15 is 0 Å². The van der Waals surface area contributed by atoms with E-state index in [1.54, 1.807) is 30.1 Å². The molecule has 0 saturated carbocycles. The van der Waals surface area contributed by atoms with Crippen LogP contribution in [-0.4, -0.2) is 27.8 Å². The van der Waals surface area contributed by atoms with E-state index < -0.39 is 11.1 Å². The number of thiophene rings is 1. The summed E-state index contributed by atoms with van der Waals surface area (Å²) in [6, 6.07) is 4.16. The zero-order valence-electron chi connectivity index (χ0n) is 13.4. The maximum Gasteiger partial charge on any atom is 0.248 e. The standard InChI is InChI=1S/C16H24N2O2S/c1-6-11-8-9-12(21-11)10-18-14(20)15(3,4)17-13(19)16(18,5)7-2/h8-9H,6-7,10H2,1-5H3,(H,17,19). The molecule has 5 heteroatoms. The highest BCUT2D eigenvalue weighted by Crippen LogP contribution is 2.32. The van der Waals surface area contributed by atoms with E-state index in [9.17, 15) is 9.59 Å². The average molecular weight is 308 g/mol. The second kappa shape index (κ2) is 5.44. The van der Waals surface area contributed by atoms with Crippen molar-refractivity contribution < 1.29 is 9.59 Å². The van der Waals surface area contributed by atoms with Gasteiger partial charge in [-0.1, -0.05) is 13.8 Å². The normalized spacial score (nSPS) is 25.1. The van der Waals surface area contributed by atoms with Gasteiger partial charge in [0.25, 0.3) is 0 Å². The Hall–Kier alpha value is -1.36. The summed E-state index contributed by atoms with van der Waals surface area (Å²) in [6.45, 7) is 9.95. The first kappa shape index (κ1) is 16.0. The molecule has 2 heterocycles. The molecule has 0 aliphatic carbocycles. The third-order valence-electron chi connectivity index (χ3n) is 4.36. The fraction of sp³-hybridized carbons (Fsp3) is 0.625. The monoisotopic (exact) mass is 308 g/mol. The maximum absolute atomic E-state index is 12.8. The van der Waals surface area contributed by atoms with Crippen molar-refractivity contribution >= 4 is 23.2 Å². The van der Waals surface area contributed by atoms with Gasteiger partial charge in [-0.25, -0.2) is 0 Å². The predicted octanol–water partition coefficient (Wildman–Crippen LogP) is 2.72. The van der Waals surface area contributed by atoms with Crippen LogP contribution < -0.4 is 5.32 Å². The van der Waals surface area contributed by atoms with E-state index in [-0.39, 0.29) is 11.8 Å². The highest BCUT2D eigenvalue weighted by molar-refractivity contribution is 7.11. The van der Waals surface area contributed by atoms with Gasteiger partial charge in [0.2, 0.25) is 11.8 Å². The van der Waals surface area contributed by atoms with Gasteiger partial charge in [-0.05, 0) is 45.7 Å². The molecule has 1 aromatic rings. The van der Waals surface area contributed by atoms with Crippen LogP contribution in [0.3, 0.4) is 0 Å². The average Bonchev–Trinajstić information content (AvgIpc) is 2.89. The van der Waals surface area contributed by atoms with Gasteiger partial charge >= 0.3 is 0 Å². The lowest BCUT2D eigenvalue weighted by molar-refractivity contribution is -0.161. The van der Waals surface area contributed by atoms with Crippen molar-refractivity contribution in [3.63, 3.8) is 0 Å². The molecular weight excluding hydrogens is 284 g/mol. The number of piperazine rings is 1. The quantitative estimate of drug-likeness (QED) is 0.930. The number of hydrogen-bond acceptors (Lipinski definition) is 3. The molecule has 1 fully saturated rings. The van der Waals surface area contributed by atoms with Crippen LogP contribution in [0.5, 0.6) is 0 Å². The molecule has 0 bridgehead atoms. The van der Waals surface area contributed by atoms with Crippen molar-refractivity contribution in [3.05, 3.63) is 21.9 Å². The molecule has 1 atom stereocenters. The van der Waals surface area contributed by atoms with Crippen LogP contribution in [0.1, 0.15) is 50.8 Å². The summed E-state index contributed by atoms with van der Waals surface area (Å²) in [4.78, 5) is 29.4. The molecule has 4 nitrogen and oxygen atoms in total. The molecule has 1 aliphatic rings. The topological polar surface area (TPSA) is 49.4 Å². The number of carbonyl (C=O) groups excluding carboxylic acids is 2. The molecule has 1 unspecified atom stereocenters. The zero-order chi connectivity index (χ0) is 15.8. The fourth-order valence-electron chi connectivity index (χ4n) is 2.61. The second-order valence-electron chi connectivity index (χ2n) is 6.32. The minimum Gasteiger partial charge on any atom is -0.340 e. The van der Waals surface area contributed by atoms with Gasteiger partial charge in [0.15, 0.2) is 0 Å². The van der Waals surface area contributed by atoms with Gasteiger partial charge < -0.3 is 10.2 Å². The van der Waals surface area contributed by atoms with Crippen LogP contribution in [0, 0.1) is 0 Å². The molecular formula is C16H24N2O2S. The van der Waals surface area contributed by atoms with Gasteiger partial charge in [0, 0.05) is 9.75 Å². The van der Waals surface area contributed by atoms with E-state index in [2.05, 4.69) is 24.4 Å². The maximum atomic E-state index is 12.8. The first-order valence-corrected chi connectivity index (χ1v) is 8.28. The van der Waals surface area contributed by atoms with Crippen LogP contribution in [0.4, 0.5) is 0 Å². The van der Waals surface area contributed by atoms with E-state index in [1.807, 2.05) is 13.8 Å². The Bertz CT molecular complexity index is 564. The third kappa shape index (κ3) is 2.71. The summed E-state index contributed by atoms with van der Waals surface area (Å²) in [5, 5.41) is 2.85. The Labute approximate surface area is 130 Å².